The number of carboxylic acids is 1. The van der Waals surface area contributed by atoms with Gasteiger partial charge in [0.1, 0.15) is 0 Å². The number of hydrogen-bond acceptors (Lipinski definition) is 7. The molecule has 0 spiro atoms. The van der Waals surface area contributed by atoms with E-state index >= 15 is 0 Å². The molecule has 178 valence electrons. The lowest BCUT2D eigenvalue weighted by Crippen LogP contribution is -2.49. The first-order chi connectivity index (χ1) is 16.2. The van der Waals surface area contributed by atoms with Crippen molar-refractivity contribution >= 4 is 17.7 Å². The van der Waals surface area contributed by atoms with E-state index in [9.17, 15) is 22.8 Å². The molecule has 0 atom stereocenters. The highest BCUT2D eigenvalue weighted by atomic mass is 19.4. The summed E-state index contributed by atoms with van der Waals surface area (Å²) in [4.78, 5) is 27.2. The van der Waals surface area contributed by atoms with Crippen LogP contribution in [0.1, 0.15) is 32.2 Å². The van der Waals surface area contributed by atoms with Crippen LogP contribution in [0.4, 0.5) is 19.0 Å². The first-order valence-electron chi connectivity index (χ1n) is 10.4. The maximum absolute atomic E-state index is 13.6. The minimum atomic E-state index is -4.82. The van der Waals surface area contributed by atoms with Gasteiger partial charge in [-0.3, -0.25) is 4.79 Å². The van der Waals surface area contributed by atoms with Crippen molar-refractivity contribution < 1.29 is 27.9 Å². The molecular formula is C21H20F3N7O3. The van der Waals surface area contributed by atoms with Gasteiger partial charge in [0.25, 0.3) is 5.91 Å². The standard InChI is InChI=1S/C21H20F3N7O3/c22-21(23,24)18-17(31(28-27-18)9-8-14-4-2-1-3-5-14)19(32)30-12-10-29(11-13-30)16-7-6-15(20(33)34)25-26-16/h1-7H,8-13H2,(H,33,34). The molecule has 4 rings (SSSR count). The highest BCUT2D eigenvalue weighted by molar-refractivity contribution is 5.94. The molecule has 1 saturated heterocycles. The molecule has 0 unspecified atom stereocenters. The fraction of sp³-hybridized carbons (Fsp3) is 0.333. The number of amides is 1. The quantitative estimate of drug-likeness (QED) is 0.575. The number of piperazine rings is 1. The average Bonchev–Trinajstić information content (AvgIpc) is 3.28. The zero-order valence-electron chi connectivity index (χ0n) is 17.8. The Kier molecular flexibility index (Phi) is 6.43. The summed E-state index contributed by atoms with van der Waals surface area (Å²) >= 11 is 0. The minimum absolute atomic E-state index is 0.0691. The lowest BCUT2D eigenvalue weighted by atomic mass is 10.1. The lowest BCUT2D eigenvalue weighted by Gasteiger charge is -2.35. The van der Waals surface area contributed by atoms with Gasteiger partial charge in [-0.05, 0) is 24.1 Å². The largest absolute Gasteiger partial charge is 0.476 e. The Morgan fingerprint density at radius 3 is 2.24 bits per heavy atom. The zero-order chi connectivity index (χ0) is 24.3. The number of alkyl halides is 3. The van der Waals surface area contributed by atoms with Crippen molar-refractivity contribution in [3.05, 3.63) is 65.1 Å². The third-order valence-electron chi connectivity index (χ3n) is 5.42. The molecule has 0 saturated carbocycles. The highest BCUT2D eigenvalue weighted by Gasteiger charge is 2.42. The Morgan fingerprint density at radius 1 is 0.941 bits per heavy atom. The third-order valence-corrected chi connectivity index (χ3v) is 5.42. The van der Waals surface area contributed by atoms with Crippen LogP contribution in [0, 0.1) is 0 Å². The summed E-state index contributed by atoms with van der Waals surface area (Å²) in [5.74, 6) is -1.58. The molecule has 3 aromatic rings. The van der Waals surface area contributed by atoms with E-state index in [0.29, 0.717) is 25.3 Å². The van der Waals surface area contributed by atoms with Gasteiger partial charge in [-0.2, -0.15) is 13.2 Å². The van der Waals surface area contributed by atoms with E-state index in [2.05, 4.69) is 20.5 Å². The van der Waals surface area contributed by atoms with E-state index in [4.69, 9.17) is 5.11 Å². The number of carboxylic acid groups (broad SMARTS) is 1. The van der Waals surface area contributed by atoms with Crippen molar-refractivity contribution in [1.29, 1.82) is 0 Å². The molecular weight excluding hydrogens is 455 g/mol. The van der Waals surface area contributed by atoms with Crippen LogP contribution in [-0.2, 0) is 19.1 Å². The fourth-order valence-electron chi connectivity index (χ4n) is 3.65. The molecule has 1 aliphatic rings. The van der Waals surface area contributed by atoms with E-state index in [1.807, 2.05) is 30.3 Å². The van der Waals surface area contributed by atoms with E-state index in [0.717, 1.165) is 10.2 Å². The highest BCUT2D eigenvalue weighted by Crippen LogP contribution is 2.31. The van der Waals surface area contributed by atoms with Crippen molar-refractivity contribution in [2.24, 2.45) is 0 Å². The minimum Gasteiger partial charge on any atom is -0.476 e. The van der Waals surface area contributed by atoms with Crippen molar-refractivity contribution in [3.8, 4) is 0 Å². The molecule has 2 aromatic heterocycles. The lowest BCUT2D eigenvalue weighted by molar-refractivity contribution is -0.141. The van der Waals surface area contributed by atoms with Gasteiger partial charge in [0, 0.05) is 32.7 Å². The number of anilines is 1. The Hall–Kier alpha value is -4.03. The smallest absolute Gasteiger partial charge is 0.437 e. The summed E-state index contributed by atoms with van der Waals surface area (Å²) in [7, 11) is 0. The number of aryl methyl sites for hydroxylation is 2. The maximum atomic E-state index is 13.6. The molecule has 1 aliphatic heterocycles. The van der Waals surface area contributed by atoms with E-state index < -0.39 is 29.4 Å². The number of halogens is 3. The number of hydrogen-bond donors (Lipinski definition) is 1. The molecule has 1 N–H and O–H groups in total. The number of carbonyl (C=O) groups is 2. The monoisotopic (exact) mass is 475 g/mol. The third kappa shape index (κ3) is 4.97. The maximum Gasteiger partial charge on any atom is 0.437 e. The van der Waals surface area contributed by atoms with Crippen LogP contribution >= 0.6 is 0 Å². The summed E-state index contributed by atoms with van der Waals surface area (Å²) in [6.07, 6.45) is -4.43. The van der Waals surface area contributed by atoms with Crippen molar-refractivity contribution in [2.75, 3.05) is 31.1 Å². The summed E-state index contributed by atoms with van der Waals surface area (Å²) < 4.78 is 41.7. The van der Waals surface area contributed by atoms with Gasteiger partial charge < -0.3 is 14.9 Å². The van der Waals surface area contributed by atoms with Gasteiger partial charge in [0.15, 0.2) is 22.9 Å². The number of benzene rings is 1. The Balaban J connectivity index is 1.48. The number of rotatable bonds is 6. The Morgan fingerprint density at radius 2 is 1.65 bits per heavy atom. The Labute approximate surface area is 191 Å². The number of aromatic carboxylic acids is 1. The molecule has 1 amide bonds. The van der Waals surface area contributed by atoms with Gasteiger partial charge in [-0.1, -0.05) is 35.5 Å². The average molecular weight is 475 g/mol. The summed E-state index contributed by atoms with van der Waals surface area (Å²) in [5, 5.41) is 23.3. The second-order valence-corrected chi connectivity index (χ2v) is 7.60. The number of carbonyl (C=O) groups excluding carboxylic acids is 1. The first kappa shape index (κ1) is 23.1. The van der Waals surface area contributed by atoms with E-state index in [1.165, 1.54) is 17.0 Å². The molecule has 10 nitrogen and oxygen atoms in total. The van der Waals surface area contributed by atoms with Gasteiger partial charge in [0.05, 0.1) is 0 Å². The van der Waals surface area contributed by atoms with Crippen LogP contribution in [0.3, 0.4) is 0 Å². The normalized spacial score (nSPS) is 14.3. The predicted molar refractivity (Wildman–Crippen MR) is 112 cm³/mol. The predicted octanol–water partition coefficient (Wildman–Crippen LogP) is 1.99. The number of nitrogens with zero attached hydrogens (tertiary/aromatic N) is 7. The summed E-state index contributed by atoms with van der Waals surface area (Å²) in [5.41, 5.74) is -1.19. The van der Waals surface area contributed by atoms with Crippen LogP contribution < -0.4 is 4.90 Å². The topological polar surface area (TPSA) is 117 Å². The van der Waals surface area contributed by atoms with Crippen LogP contribution in [0.25, 0.3) is 0 Å². The zero-order valence-corrected chi connectivity index (χ0v) is 17.8. The summed E-state index contributed by atoms with van der Waals surface area (Å²) in [6.45, 7) is 0.934. The van der Waals surface area contributed by atoms with Crippen molar-refractivity contribution in [3.63, 3.8) is 0 Å². The molecule has 0 bridgehead atoms. The van der Waals surface area contributed by atoms with Crippen LogP contribution in [0.2, 0.25) is 0 Å². The van der Waals surface area contributed by atoms with Crippen LogP contribution in [-0.4, -0.2) is 73.3 Å². The van der Waals surface area contributed by atoms with Crippen LogP contribution in [0.15, 0.2) is 42.5 Å². The molecule has 3 heterocycles. The second-order valence-electron chi connectivity index (χ2n) is 7.60. The number of aromatic nitrogens is 5. The Bertz CT molecular complexity index is 1160. The van der Waals surface area contributed by atoms with Crippen molar-refractivity contribution in [2.45, 2.75) is 19.1 Å². The molecule has 13 heteroatoms. The molecule has 0 radical (unpaired) electrons. The summed E-state index contributed by atoms with van der Waals surface area (Å²) in [6, 6.07) is 12.0. The molecule has 1 fully saturated rings. The van der Waals surface area contributed by atoms with Gasteiger partial charge in [-0.15, -0.1) is 15.3 Å². The van der Waals surface area contributed by atoms with Gasteiger partial charge in [0.2, 0.25) is 0 Å². The first-order valence-corrected chi connectivity index (χ1v) is 10.4. The molecule has 34 heavy (non-hydrogen) atoms. The molecule has 0 aliphatic carbocycles. The van der Waals surface area contributed by atoms with E-state index in [-0.39, 0.29) is 25.3 Å². The SMILES string of the molecule is O=C(O)c1ccc(N2CCN(C(=O)c3c(C(F)(F)F)nnn3CCc3ccccc3)CC2)nn1. The molecule has 1 aromatic carbocycles. The van der Waals surface area contributed by atoms with Gasteiger partial charge in [-0.25, -0.2) is 9.48 Å². The van der Waals surface area contributed by atoms with Crippen molar-refractivity contribution in [1.82, 2.24) is 30.1 Å². The van der Waals surface area contributed by atoms with Gasteiger partial charge >= 0.3 is 12.1 Å². The van der Waals surface area contributed by atoms with E-state index in [1.54, 1.807) is 4.90 Å². The fourth-order valence-corrected chi connectivity index (χ4v) is 3.65. The van der Waals surface area contributed by atoms with Crippen LogP contribution in [0.5, 0.6) is 0 Å². The second kappa shape index (κ2) is 9.45.